The monoisotopic (exact) mass is 538 g/mol. The van der Waals surface area contributed by atoms with Gasteiger partial charge in [0.15, 0.2) is 5.78 Å². The molecule has 1 atom stereocenters. The molecule has 0 heterocycles. The van der Waals surface area contributed by atoms with Gasteiger partial charge in [-0.05, 0) is 76.6 Å². The Morgan fingerprint density at radius 3 is 2.36 bits per heavy atom. The standard InChI is InChI=1S/C31H42N2O6/c1-6-38-25-19-31(20-25,29(35)36)32-30(37)33(18-12-11-15-24-13-9-8-10-14-24)22(4)26-16-17-27(23(5)34)28(21(26)3)39-7-2/h8-10,13-14,16-17,22,25H,6-7,11-12,15,18-20H2,1-5H3,(H,32,37)(H,35,36)/t22-,25?,31?/m1/s1. The zero-order valence-electron chi connectivity index (χ0n) is 23.8. The van der Waals surface area contributed by atoms with Crippen molar-refractivity contribution in [2.45, 2.75) is 84.4 Å². The smallest absolute Gasteiger partial charge is 0.329 e. The van der Waals surface area contributed by atoms with Crippen molar-refractivity contribution in [1.82, 2.24) is 10.2 Å². The number of unbranched alkanes of at least 4 members (excludes halogenated alkanes) is 1. The lowest BCUT2D eigenvalue weighted by molar-refractivity contribution is -0.156. The maximum atomic E-state index is 13.7. The number of rotatable bonds is 14. The number of carboxylic acids is 1. The number of aliphatic carboxylic acids is 1. The number of ether oxygens (including phenoxy) is 2. The van der Waals surface area contributed by atoms with Crippen LogP contribution < -0.4 is 10.1 Å². The van der Waals surface area contributed by atoms with E-state index in [1.807, 2.05) is 52.0 Å². The number of amides is 2. The fraction of sp³-hybridized carbons (Fsp3) is 0.516. The SMILES string of the molecule is CCOc1c(C(C)=O)ccc([C@@H](C)N(CCCCc2ccccc2)C(=O)NC2(C(=O)O)CC(OCC)C2)c1C. The van der Waals surface area contributed by atoms with Gasteiger partial charge in [-0.3, -0.25) is 4.79 Å². The van der Waals surface area contributed by atoms with Crippen LogP contribution in [0, 0.1) is 6.92 Å². The molecule has 0 aromatic heterocycles. The molecule has 39 heavy (non-hydrogen) atoms. The fourth-order valence-corrected chi connectivity index (χ4v) is 5.34. The normalized spacial score (nSPS) is 19.1. The molecule has 2 aromatic rings. The van der Waals surface area contributed by atoms with Gasteiger partial charge in [0.2, 0.25) is 0 Å². The number of nitrogens with one attached hydrogen (secondary N) is 1. The average molecular weight is 539 g/mol. The molecule has 3 rings (SSSR count). The first-order chi connectivity index (χ1) is 18.6. The number of nitrogens with zero attached hydrogens (tertiary/aromatic N) is 1. The summed E-state index contributed by atoms with van der Waals surface area (Å²) in [5.74, 6) is -0.614. The molecular formula is C31H42N2O6. The van der Waals surface area contributed by atoms with Gasteiger partial charge in [0, 0.05) is 26.0 Å². The van der Waals surface area contributed by atoms with Crippen LogP contribution in [0.25, 0.3) is 0 Å². The Balaban J connectivity index is 1.85. The van der Waals surface area contributed by atoms with Crippen LogP contribution in [0.4, 0.5) is 4.79 Å². The summed E-state index contributed by atoms with van der Waals surface area (Å²) in [5.41, 5.74) is 2.05. The molecular weight excluding hydrogens is 496 g/mol. The number of hydrogen-bond acceptors (Lipinski definition) is 5. The first-order valence-corrected chi connectivity index (χ1v) is 13.9. The number of carbonyl (C=O) groups excluding carboxylic acids is 2. The van der Waals surface area contributed by atoms with E-state index >= 15 is 0 Å². The Hall–Kier alpha value is -3.39. The van der Waals surface area contributed by atoms with Gasteiger partial charge in [0.1, 0.15) is 11.3 Å². The topological polar surface area (TPSA) is 105 Å². The Kier molecular flexibility index (Phi) is 10.5. The largest absolute Gasteiger partial charge is 0.493 e. The Morgan fingerprint density at radius 2 is 1.77 bits per heavy atom. The minimum atomic E-state index is -1.34. The number of aryl methyl sites for hydroxylation is 1. The van der Waals surface area contributed by atoms with Crippen LogP contribution in [0.5, 0.6) is 5.75 Å². The number of Topliss-reactive ketones (excluding diaryl/α,β-unsaturated/α-hetero) is 1. The molecule has 1 aliphatic carbocycles. The van der Waals surface area contributed by atoms with Crippen molar-refractivity contribution in [3.63, 3.8) is 0 Å². The number of benzene rings is 2. The minimum absolute atomic E-state index is 0.0894. The predicted octanol–water partition coefficient (Wildman–Crippen LogP) is 5.71. The summed E-state index contributed by atoms with van der Waals surface area (Å²) in [5, 5.41) is 12.8. The minimum Gasteiger partial charge on any atom is -0.493 e. The highest BCUT2D eigenvalue weighted by molar-refractivity contribution is 5.97. The summed E-state index contributed by atoms with van der Waals surface area (Å²) in [6.45, 7) is 10.4. The molecule has 2 aromatic carbocycles. The van der Waals surface area contributed by atoms with Crippen molar-refractivity contribution in [1.29, 1.82) is 0 Å². The van der Waals surface area contributed by atoms with Gasteiger partial charge in [-0.25, -0.2) is 9.59 Å². The van der Waals surface area contributed by atoms with Crippen LogP contribution in [-0.4, -0.2) is 59.2 Å². The first-order valence-electron chi connectivity index (χ1n) is 13.9. The molecule has 0 saturated heterocycles. The third-order valence-electron chi connectivity index (χ3n) is 7.56. The highest BCUT2D eigenvalue weighted by Crippen LogP contribution is 2.37. The first kappa shape index (κ1) is 30.2. The molecule has 0 spiro atoms. The Labute approximate surface area is 231 Å². The summed E-state index contributed by atoms with van der Waals surface area (Å²) in [6, 6.07) is 13.0. The Morgan fingerprint density at radius 1 is 1.08 bits per heavy atom. The van der Waals surface area contributed by atoms with E-state index in [-0.39, 0.29) is 30.8 Å². The zero-order chi connectivity index (χ0) is 28.6. The summed E-state index contributed by atoms with van der Waals surface area (Å²) in [6.07, 6.45) is 2.80. The van der Waals surface area contributed by atoms with Crippen molar-refractivity contribution in [3.05, 3.63) is 64.7 Å². The van der Waals surface area contributed by atoms with Crippen LogP contribution in [-0.2, 0) is 16.0 Å². The second-order valence-electron chi connectivity index (χ2n) is 10.3. The highest BCUT2D eigenvalue weighted by Gasteiger charge is 2.53. The number of carboxylic acid groups (broad SMARTS) is 1. The molecule has 2 N–H and O–H groups in total. The lowest BCUT2D eigenvalue weighted by Gasteiger charge is -2.45. The maximum Gasteiger partial charge on any atom is 0.329 e. The van der Waals surface area contributed by atoms with Gasteiger partial charge in [-0.2, -0.15) is 0 Å². The molecule has 1 aliphatic rings. The van der Waals surface area contributed by atoms with E-state index in [0.29, 0.717) is 31.1 Å². The second kappa shape index (κ2) is 13.6. The highest BCUT2D eigenvalue weighted by atomic mass is 16.5. The van der Waals surface area contributed by atoms with Gasteiger partial charge in [-0.15, -0.1) is 0 Å². The zero-order valence-corrected chi connectivity index (χ0v) is 23.8. The van der Waals surface area contributed by atoms with Crippen molar-refractivity contribution in [2.24, 2.45) is 0 Å². The summed E-state index contributed by atoms with van der Waals surface area (Å²) < 4.78 is 11.4. The van der Waals surface area contributed by atoms with Crippen LogP contribution in [0.2, 0.25) is 0 Å². The van der Waals surface area contributed by atoms with Crippen LogP contribution in [0.1, 0.15) is 86.5 Å². The summed E-state index contributed by atoms with van der Waals surface area (Å²) in [7, 11) is 0. The van der Waals surface area contributed by atoms with Crippen LogP contribution in [0.15, 0.2) is 42.5 Å². The van der Waals surface area contributed by atoms with Gasteiger partial charge < -0.3 is 24.8 Å². The van der Waals surface area contributed by atoms with Gasteiger partial charge in [0.25, 0.3) is 0 Å². The van der Waals surface area contributed by atoms with E-state index in [4.69, 9.17) is 9.47 Å². The van der Waals surface area contributed by atoms with Crippen LogP contribution >= 0.6 is 0 Å². The van der Waals surface area contributed by atoms with Crippen molar-refractivity contribution < 1.29 is 29.0 Å². The van der Waals surface area contributed by atoms with Crippen molar-refractivity contribution in [3.8, 4) is 5.75 Å². The summed E-state index contributed by atoms with van der Waals surface area (Å²) in [4.78, 5) is 39.8. The molecule has 0 aliphatic heterocycles. The quantitative estimate of drug-likeness (QED) is 0.236. The molecule has 1 saturated carbocycles. The molecule has 8 heteroatoms. The summed E-state index contributed by atoms with van der Waals surface area (Å²) >= 11 is 0. The van der Waals surface area contributed by atoms with Crippen LogP contribution in [0.3, 0.4) is 0 Å². The number of ketones is 1. The third kappa shape index (κ3) is 7.18. The van der Waals surface area contributed by atoms with Gasteiger partial charge >= 0.3 is 12.0 Å². The number of urea groups is 1. The van der Waals surface area contributed by atoms with E-state index in [9.17, 15) is 19.5 Å². The fourth-order valence-electron chi connectivity index (χ4n) is 5.34. The average Bonchev–Trinajstić information content (AvgIpc) is 2.88. The number of hydrogen-bond donors (Lipinski definition) is 2. The van der Waals surface area contributed by atoms with Crippen molar-refractivity contribution in [2.75, 3.05) is 19.8 Å². The lowest BCUT2D eigenvalue weighted by atomic mass is 9.74. The molecule has 1 fully saturated rings. The third-order valence-corrected chi connectivity index (χ3v) is 7.56. The van der Waals surface area contributed by atoms with E-state index in [1.165, 1.54) is 12.5 Å². The van der Waals surface area contributed by atoms with E-state index in [1.54, 1.807) is 11.0 Å². The van der Waals surface area contributed by atoms with E-state index < -0.39 is 17.5 Å². The second-order valence-corrected chi connectivity index (χ2v) is 10.3. The molecule has 0 unspecified atom stereocenters. The molecule has 0 bridgehead atoms. The predicted molar refractivity (Wildman–Crippen MR) is 150 cm³/mol. The Bertz CT molecular complexity index is 1140. The molecule has 2 amide bonds. The van der Waals surface area contributed by atoms with E-state index in [2.05, 4.69) is 17.4 Å². The van der Waals surface area contributed by atoms with E-state index in [0.717, 1.165) is 30.4 Å². The lowest BCUT2D eigenvalue weighted by Crippen LogP contribution is -2.66. The maximum absolute atomic E-state index is 13.7. The van der Waals surface area contributed by atoms with Gasteiger partial charge in [-0.1, -0.05) is 36.4 Å². The van der Waals surface area contributed by atoms with Crippen molar-refractivity contribution >= 4 is 17.8 Å². The molecule has 212 valence electrons. The van der Waals surface area contributed by atoms with Gasteiger partial charge in [0.05, 0.1) is 24.3 Å². The molecule has 8 nitrogen and oxygen atoms in total. The number of carbonyl (C=O) groups is 3. The molecule has 0 radical (unpaired) electrons.